The number of rotatable bonds is 4. The number of carbonyl (C=O) groups excluding carboxylic acids is 2. The second-order valence-electron chi connectivity index (χ2n) is 6.19. The first kappa shape index (κ1) is 23.4. The number of aliphatic hydroxyl groups is 1. The van der Waals surface area contributed by atoms with Crippen LogP contribution in [0.5, 0.6) is 0 Å². The lowest BCUT2D eigenvalue weighted by Crippen LogP contribution is -2.50. The summed E-state index contributed by atoms with van der Waals surface area (Å²) in [5.41, 5.74) is -4.73. The van der Waals surface area contributed by atoms with Crippen molar-refractivity contribution in [2.24, 2.45) is 0 Å². The zero-order chi connectivity index (χ0) is 23.1. The highest BCUT2D eigenvalue weighted by atomic mass is 19.4. The Hall–Kier alpha value is -2.88. The summed E-state index contributed by atoms with van der Waals surface area (Å²) in [7, 11) is 0. The van der Waals surface area contributed by atoms with E-state index >= 15 is 0 Å². The fourth-order valence-electron chi connectivity index (χ4n) is 2.59. The Kier molecular flexibility index (Phi) is 6.04. The van der Waals surface area contributed by atoms with E-state index in [-0.39, 0.29) is 0 Å². The van der Waals surface area contributed by atoms with Crippen molar-refractivity contribution in [3.05, 3.63) is 33.1 Å². The van der Waals surface area contributed by atoms with Crippen molar-refractivity contribution >= 4 is 11.9 Å². The number of halogens is 6. The molecule has 10 nitrogen and oxygen atoms in total. The molecule has 0 radical (unpaired) electrons. The maximum atomic E-state index is 12.6. The predicted molar refractivity (Wildman–Crippen MR) is 78.8 cm³/mol. The molecule has 1 fully saturated rings. The normalized spacial score (nSPS) is 27.0. The Morgan fingerprint density at radius 1 is 1.20 bits per heavy atom. The van der Waals surface area contributed by atoms with Crippen LogP contribution in [0.1, 0.15) is 13.2 Å². The second-order valence-corrected chi connectivity index (χ2v) is 6.19. The molecule has 0 amide bonds. The highest BCUT2D eigenvalue weighted by Gasteiger charge is 2.59. The van der Waals surface area contributed by atoms with Crippen molar-refractivity contribution in [1.29, 1.82) is 0 Å². The Labute approximate surface area is 160 Å². The number of aromatic amines is 1. The van der Waals surface area contributed by atoms with Crippen LogP contribution >= 0.6 is 0 Å². The van der Waals surface area contributed by atoms with Crippen molar-refractivity contribution in [2.45, 2.75) is 43.3 Å². The summed E-state index contributed by atoms with van der Waals surface area (Å²) in [6.45, 7) is -0.631. The molecule has 0 bridgehead atoms. The topological polar surface area (TPSA) is 137 Å². The third-order valence-corrected chi connectivity index (χ3v) is 3.90. The summed E-state index contributed by atoms with van der Waals surface area (Å²) >= 11 is 0. The molecule has 1 aromatic heterocycles. The largest absolute Gasteiger partial charge is 0.490 e. The van der Waals surface area contributed by atoms with Gasteiger partial charge in [0.05, 0.1) is 0 Å². The summed E-state index contributed by atoms with van der Waals surface area (Å²) in [4.78, 5) is 46.9. The lowest BCUT2D eigenvalue weighted by Gasteiger charge is -2.30. The van der Waals surface area contributed by atoms with Gasteiger partial charge in [0.1, 0.15) is 18.3 Å². The van der Waals surface area contributed by atoms with Crippen molar-refractivity contribution in [1.82, 2.24) is 9.55 Å². The van der Waals surface area contributed by atoms with Crippen LogP contribution in [0.25, 0.3) is 0 Å². The molecule has 30 heavy (non-hydrogen) atoms. The Bertz CT molecular complexity index is 934. The van der Waals surface area contributed by atoms with E-state index in [1.54, 1.807) is 4.98 Å². The van der Waals surface area contributed by atoms with E-state index in [2.05, 4.69) is 9.47 Å². The van der Waals surface area contributed by atoms with E-state index < -0.39 is 66.2 Å². The smallest absolute Gasteiger partial charge is 0.456 e. The molecule has 2 heterocycles. The van der Waals surface area contributed by atoms with Gasteiger partial charge in [0.2, 0.25) is 0 Å². The third kappa shape index (κ3) is 4.81. The van der Waals surface area contributed by atoms with Crippen LogP contribution in [-0.4, -0.2) is 63.4 Å². The van der Waals surface area contributed by atoms with Crippen LogP contribution < -0.4 is 11.2 Å². The number of carbonyl (C=O) groups is 2. The van der Waals surface area contributed by atoms with Crippen LogP contribution in [0.3, 0.4) is 0 Å². The summed E-state index contributed by atoms with van der Waals surface area (Å²) < 4.78 is 88.1. The molecule has 16 heteroatoms. The van der Waals surface area contributed by atoms with Gasteiger partial charge in [-0.3, -0.25) is 14.3 Å². The van der Waals surface area contributed by atoms with Crippen molar-refractivity contribution in [3.63, 3.8) is 0 Å². The van der Waals surface area contributed by atoms with Gasteiger partial charge in [-0.05, 0) is 6.92 Å². The number of nitrogens with one attached hydrogen (secondary N) is 1. The maximum absolute atomic E-state index is 12.6. The summed E-state index contributed by atoms with van der Waals surface area (Å²) in [6, 6.07) is 0.772. The molecule has 4 atom stereocenters. The first-order valence-electron chi connectivity index (χ1n) is 7.76. The lowest BCUT2D eigenvalue weighted by molar-refractivity contribution is -0.217. The third-order valence-electron chi connectivity index (χ3n) is 3.90. The molecule has 1 aliphatic heterocycles. The molecule has 1 unspecified atom stereocenters. The zero-order valence-electron chi connectivity index (χ0n) is 14.6. The van der Waals surface area contributed by atoms with Gasteiger partial charge in [-0.15, -0.1) is 0 Å². The van der Waals surface area contributed by atoms with E-state index in [9.17, 15) is 50.6 Å². The van der Waals surface area contributed by atoms with E-state index in [1.165, 1.54) is 0 Å². The Morgan fingerprint density at radius 2 is 1.77 bits per heavy atom. The van der Waals surface area contributed by atoms with Crippen molar-refractivity contribution in [3.8, 4) is 0 Å². The van der Waals surface area contributed by atoms with Gasteiger partial charge in [-0.2, -0.15) is 26.3 Å². The molecule has 0 aliphatic carbocycles. The molecular formula is C14H12F6N2O8. The molecule has 0 spiro atoms. The van der Waals surface area contributed by atoms with Gasteiger partial charge < -0.3 is 19.3 Å². The highest BCUT2D eigenvalue weighted by molar-refractivity contribution is 5.76. The standard InChI is InChI=1S/C14H12F6N2O8/c1-12(27)7(30-10(25)14(18,19)20)5(4-28-9(24)13(15,16)17)29-8(12)22-3-2-6(23)21-11(22)26/h2-3,5,7-8,27H,4H2,1H3,(H,21,23,26)/t5-,7-,8-,12?/m1/s1. The minimum atomic E-state index is -5.55. The molecule has 0 saturated carbocycles. The molecule has 2 rings (SSSR count). The molecule has 1 saturated heterocycles. The maximum Gasteiger partial charge on any atom is 0.490 e. The van der Waals surface area contributed by atoms with Gasteiger partial charge >= 0.3 is 30.0 Å². The number of hydrogen-bond donors (Lipinski definition) is 2. The monoisotopic (exact) mass is 450 g/mol. The minimum Gasteiger partial charge on any atom is -0.456 e. The average molecular weight is 450 g/mol. The summed E-state index contributed by atoms with van der Waals surface area (Å²) in [5, 5.41) is 10.6. The molecular weight excluding hydrogens is 438 g/mol. The summed E-state index contributed by atoms with van der Waals surface area (Å²) in [5.74, 6) is -5.55. The lowest BCUT2D eigenvalue weighted by atomic mass is 9.96. The molecule has 2 N–H and O–H groups in total. The second kappa shape index (κ2) is 7.75. The minimum absolute atomic E-state index is 0.488. The van der Waals surface area contributed by atoms with E-state index in [0.29, 0.717) is 4.57 Å². The van der Waals surface area contributed by atoms with Gasteiger partial charge in [0, 0.05) is 12.3 Å². The van der Waals surface area contributed by atoms with Gasteiger partial charge in [0.25, 0.3) is 5.56 Å². The Balaban J connectivity index is 2.39. The quantitative estimate of drug-likeness (QED) is 0.474. The van der Waals surface area contributed by atoms with Crippen LogP contribution in [0, 0.1) is 0 Å². The number of nitrogens with zero attached hydrogens (tertiary/aromatic N) is 1. The van der Waals surface area contributed by atoms with E-state index in [4.69, 9.17) is 4.74 Å². The van der Waals surface area contributed by atoms with Crippen LogP contribution in [0.15, 0.2) is 21.9 Å². The highest BCUT2D eigenvalue weighted by Crippen LogP contribution is 2.40. The molecule has 0 aromatic carbocycles. The molecule has 1 aromatic rings. The first-order chi connectivity index (χ1) is 13.5. The van der Waals surface area contributed by atoms with Gasteiger partial charge in [-0.25, -0.2) is 14.4 Å². The van der Waals surface area contributed by atoms with Crippen molar-refractivity contribution in [2.75, 3.05) is 6.61 Å². The molecule has 168 valence electrons. The van der Waals surface area contributed by atoms with Gasteiger partial charge in [0.15, 0.2) is 12.3 Å². The summed E-state index contributed by atoms with van der Waals surface area (Å²) in [6.07, 6.45) is -16.5. The van der Waals surface area contributed by atoms with E-state index in [1.807, 2.05) is 0 Å². The van der Waals surface area contributed by atoms with Crippen LogP contribution in [-0.2, 0) is 23.8 Å². The predicted octanol–water partition coefficient (Wildman–Crippen LogP) is -0.235. The van der Waals surface area contributed by atoms with Crippen molar-refractivity contribution < 1.29 is 55.2 Å². The van der Waals surface area contributed by atoms with Crippen LogP contribution in [0.2, 0.25) is 0 Å². The number of H-pyrrole nitrogens is 1. The number of aromatic nitrogens is 2. The molecule has 1 aliphatic rings. The van der Waals surface area contributed by atoms with Crippen LogP contribution in [0.4, 0.5) is 26.3 Å². The fourth-order valence-corrected chi connectivity index (χ4v) is 2.59. The first-order valence-corrected chi connectivity index (χ1v) is 7.76. The number of alkyl halides is 6. The fraction of sp³-hybridized carbons (Fsp3) is 0.571. The number of hydrogen-bond acceptors (Lipinski definition) is 8. The Morgan fingerprint density at radius 3 is 2.27 bits per heavy atom. The zero-order valence-corrected chi connectivity index (χ0v) is 14.6. The number of ether oxygens (including phenoxy) is 3. The van der Waals surface area contributed by atoms with E-state index in [0.717, 1.165) is 19.2 Å². The SMILES string of the molecule is CC1(O)[C@H](OC(=O)C(F)(F)F)[C@@H](COC(=O)C(F)(F)F)O[C@H]1n1ccc(=O)[nH]c1=O. The van der Waals surface area contributed by atoms with Gasteiger partial charge in [-0.1, -0.05) is 0 Å². The average Bonchev–Trinajstić information content (AvgIpc) is 2.82. The number of esters is 2.